The van der Waals surface area contributed by atoms with Crippen molar-refractivity contribution in [3.63, 3.8) is 0 Å². The Balaban J connectivity index is 1.60. The second kappa shape index (κ2) is 6.37. The first-order chi connectivity index (χ1) is 10.2. The third-order valence-electron chi connectivity index (χ3n) is 3.40. The molecule has 110 valence electrons. The van der Waals surface area contributed by atoms with Crippen molar-refractivity contribution in [2.75, 3.05) is 11.9 Å². The summed E-state index contributed by atoms with van der Waals surface area (Å²) in [5, 5.41) is 9.54. The van der Waals surface area contributed by atoms with Gasteiger partial charge in [0.1, 0.15) is 0 Å². The van der Waals surface area contributed by atoms with E-state index in [9.17, 15) is 4.79 Å². The summed E-state index contributed by atoms with van der Waals surface area (Å²) in [4.78, 5) is 15.7. The average molecular weight is 301 g/mol. The molecule has 0 spiro atoms. The molecule has 1 amide bonds. The van der Waals surface area contributed by atoms with Crippen LogP contribution in [-0.2, 0) is 11.2 Å². The van der Waals surface area contributed by atoms with E-state index in [1.165, 1.54) is 24.8 Å². The molecule has 0 aliphatic heterocycles. The predicted octanol–water partition coefficient (Wildman–Crippen LogP) is 3.06. The third kappa shape index (κ3) is 4.12. The van der Waals surface area contributed by atoms with Crippen molar-refractivity contribution in [1.82, 2.24) is 10.3 Å². The maximum Gasteiger partial charge on any atom is 0.221 e. The topological polar surface area (TPSA) is 54.0 Å². The van der Waals surface area contributed by atoms with E-state index >= 15 is 0 Å². The van der Waals surface area contributed by atoms with Crippen LogP contribution in [0.15, 0.2) is 29.6 Å². The highest BCUT2D eigenvalue weighted by Crippen LogP contribution is 2.24. The van der Waals surface area contributed by atoms with Crippen molar-refractivity contribution >= 4 is 22.9 Å². The van der Waals surface area contributed by atoms with Crippen LogP contribution in [0.25, 0.3) is 11.3 Å². The zero-order valence-corrected chi connectivity index (χ0v) is 12.9. The van der Waals surface area contributed by atoms with Gasteiger partial charge in [-0.1, -0.05) is 12.1 Å². The third-order valence-corrected chi connectivity index (χ3v) is 4.31. The number of anilines is 1. The number of hydrogen-bond donors (Lipinski definition) is 2. The number of carbonyl (C=O) groups excluding carboxylic acids is 1. The Labute approximate surface area is 128 Å². The number of carbonyl (C=O) groups is 1. The van der Waals surface area contributed by atoms with Gasteiger partial charge in [-0.25, -0.2) is 4.98 Å². The number of nitrogens with one attached hydrogen (secondary N) is 2. The minimum Gasteiger partial charge on any atom is -0.326 e. The van der Waals surface area contributed by atoms with Gasteiger partial charge in [-0.15, -0.1) is 11.3 Å². The van der Waals surface area contributed by atoms with Crippen LogP contribution in [0.4, 0.5) is 5.69 Å². The van der Waals surface area contributed by atoms with Crippen molar-refractivity contribution in [1.29, 1.82) is 0 Å². The molecular weight excluding hydrogens is 282 g/mol. The maximum atomic E-state index is 11.0. The van der Waals surface area contributed by atoms with Crippen LogP contribution in [0, 0.1) is 0 Å². The SMILES string of the molecule is CC(=O)Nc1ccc(-c2csc(CCNC3CC3)n2)cc1. The molecule has 0 atom stereocenters. The van der Waals surface area contributed by atoms with E-state index in [4.69, 9.17) is 0 Å². The number of benzene rings is 1. The van der Waals surface area contributed by atoms with Crippen LogP contribution < -0.4 is 10.6 Å². The number of aromatic nitrogens is 1. The molecular formula is C16H19N3OS. The molecule has 5 heteroatoms. The van der Waals surface area contributed by atoms with E-state index < -0.39 is 0 Å². The number of hydrogen-bond acceptors (Lipinski definition) is 4. The van der Waals surface area contributed by atoms with Gasteiger partial charge in [0.05, 0.1) is 10.7 Å². The van der Waals surface area contributed by atoms with Gasteiger partial charge in [0.15, 0.2) is 0 Å². The Hall–Kier alpha value is -1.72. The zero-order chi connectivity index (χ0) is 14.7. The quantitative estimate of drug-likeness (QED) is 0.862. The molecule has 1 aromatic carbocycles. The van der Waals surface area contributed by atoms with E-state index in [1.54, 1.807) is 11.3 Å². The number of nitrogens with zero attached hydrogens (tertiary/aromatic N) is 1. The van der Waals surface area contributed by atoms with Gasteiger partial charge in [0, 0.05) is 42.6 Å². The summed E-state index contributed by atoms with van der Waals surface area (Å²) in [6.07, 6.45) is 3.64. The van der Waals surface area contributed by atoms with Crippen molar-refractivity contribution in [2.45, 2.75) is 32.2 Å². The second-order valence-electron chi connectivity index (χ2n) is 5.36. The molecule has 1 aromatic heterocycles. The molecule has 1 aliphatic carbocycles. The van der Waals surface area contributed by atoms with Crippen LogP contribution in [0.5, 0.6) is 0 Å². The van der Waals surface area contributed by atoms with Crippen LogP contribution in [-0.4, -0.2) is 23.5 Å². The largest absolute Gasteiger partial charge is 0.326 e. The van der Waals surface area contributed by atoms with Gasteiger partial charge in [-0.05, 0) is 25.0 Å². The lowest BCUT2D eigenvalue weighted by Gasteiger charge is -2.02. The fraction of sp³-hybridized carbons (Fsp3) is 0.375. The molecule has 2 aromatic rings. The molecule has 1 aliphatic rings. The van der Waals surface area contributed by atoms with Gasteiger partial charge in [0.25, 0.3) is 0 Å². The molecule has 1 heterocycles. The molecule has 4 nitrogen and oxygen atoms in total. The van der Waals surface area contributed by atoms with Crippen LogP contribution >= 0.6 is 11.3 Å². The lowest BCUT2D eigenvalue weighted by atomic mass is 10.1. The normalized spacial score (nSPS) is 14.1. The zero-order valence-electron chi connectivity index (χ0n) is 12.1. The minimum absolute atomic E-state index is 0.0538. The summed E-state index contributed by atoms with van der Waals surface area (Å²) in [6.45, 7) is 2.52. The smallest absolute Gasteiger partial charge is 0.221 e. The predicted molar refractivity (Wildman–Crippen MR) is 86.6 cm³/mol. The van der Waals surface area contributed by atoms with Gasteiger partial charge >= 0.3 is 0 Å². The Bertz CT molecular complexity index is 617. The Morgan fingerprint density at radius 1 is 1.33 bits per heavy atom. The highest BCUT2D eigenvalue weighted by Gasteiger charge is 2.19. The maximum absolute atomic E-state index is 11.0. The molecule has 3 rings (SSSR count). The van der Waals surface area contributed by atoms with Gasteiger partial charge < -0.3 is 10.6 Å². The monoisotopic (exact) mass is 301 g/mol. The second-order valence-corrected chi connectivity index (χ2v) is 6.31. The molecule has 0 bridgehead atoms. The molecule has 1 fully saturated rings. The first kappa shape index (κ1) is 14.2. The van der Waals surface area contributed by atoms with Crippen LogP contribution in [0.1, 0.15) is 24.8 Å². The average Bonchev–Trinajstić information content (AvgIpc) is 3.16. The molecule has 2 N–H and O–H groups in total. The van der Waals surface area contributed by atoms with Gasteiger partial charge in [-0.2, -0.15) is 0 Å². The molecule has 0 radical (unpaired) electrons. The summed E-state index contributed by atoms with van der Waals surface area (Å²) in [5.41, 5.74) is 2.91. The van der Waals surface area contributed by atoms with Crippen LogP contribution in [0.3, 0.4) is 0 Å². The number of rotatable bonds is 6. The standard InChI is InChI=1S/C16H19N3OS/c1-11(20)18-14-4-2-12(3-5-14)15-10-21-16(19-15)8-9-17-13-6-7-13/h2-5,10,13,17H,6-9H2,1H3,(H,18,20). The number of amides is 1. The van der Waals surface area contributed by atoms with E-state index in [-0.39, 0.29) is 5.91 Å². The molecule has 1 saturated carbocycles. The Morgan fingerprint density at radius 3 is 2.76 bits per heavy atom. The number of thiazole rings is 1. The summed E-state index contributed by atoms with van der Waals surface area (Å²) >= 11 is 1.71. The van der Waals surface area contributed by atoms with Crippen molar-refractivity contribution < 1.29 is 4.79 Å². The fourth-order valence-electron chi connectivity index (χ4n) is 2.16. The van der Waals surface area contributed by atoms with Crippen molar-refractivity contribution in [2.24, 2.45) is 0 Å². The van der Waals surface area contributed by atoms with E-state index in [2.05, 4.69) is 21.0 Å². The van der Waals surface area contributed by atoms with Crippen LogP contribution in [0.2, 0.25) is 0 Å². The summed E-state index contributed by atoms with van der Waals surface area (Å²) in [7, 11) is 0. The van der Waals surface area contributed by atoms with Crippen molar-refractivity contribution in [3.8, 4) is 11.3 Å². The molecule has 0 saturated heterocycles. The van der Waals surface area contributed by atoms with E-state index in [0.717, 1.165) is 36.0 Å². The van der Waals surface area contributed by atoms with E-state index in [1.807, 2.05) is 24.3 Å². The highest BCUT2D eigenvalue weighted by atomic mass is 32.1. The van der Waals surface area contributed by atoms with Crippen molar-refractivity contribution in [3.05, 3.63) is 34.7 Å². The first-order valence-corrected chi connectivity index (χ1v) is 8.14. The summed E-state index contributed by atoms with van der Waals surface area (Å²) in [5.74, 6) is -0.0538. The lowest BCUT2D eigenvalue weighted by molar-refractivity contribution is -0.114. The highest BCUT2D eigenvalue weighted by molar-refractivity contribution is 7.09. The molecule has 0 unspecified atom stereocenters. The van der Waals surface area contributed by atoms with Gasteiger partial charge in [-0.3, -0.25) is 4.79 Å². The van der Waals surface area contributed by atoms with E-state index in [0.29, 0.717) is 0 Å². The molecule has 21 heavy (non-hydrogen) atoms. The lowest BCUT2D eigenvalue weighted by Crippen LogP contribution is -2.19. The Morgan fingerprint density at radius 2 is 2.10 bits per heavy atom. The minimum atomic E-state index is -0.0538. The fourth-order valence-corrected chi connectivity index (χ4v) is 2.96. The Kier molecular flexibility index (Phi) is 4.31. The summed E-state index contributed by atoms with van der Waals surface area (Å²) in [6, 6.07) is 8.55. The van der Waals surface area contributed by atoms with Gasteiger partial charge in [0.2, 0.25) is 5.91 Å². The summed E-state index contributed by atoms with van der Waals surface area (Å²) < 4.78 is 0. The first-order valence-electron chi connectivity index (χ1n) is 7.26.